The second-order valence-electron chi connectivity index (χ2n) is 40.7. The minimum atomic E-state index is -0.100. The van der Waals surface area contributed by atoms with Crippen molar-refractivity contribution in [3.63, 3.8) is 0 Å². The van der Waals surface area contributed by atoms with Gasteiger partial charge in [0.15, 0.2) is 0 Å². The largest absolute Gasteiger partial charge is 0.256 e. The quantitative estimate of drug-likeness (QED) is 0.142. The Hall–Kier alpha value is -13.2. The summed E-state index contributed by atoms with van der Waals surface area (Å²) < 4.78 is 36.1. The summed E-state index contributed by atoms with van der Waals surface area (Å²) in [5.41, 5.74) is 39.4. The molecule has 18 aromatic rings. The van der Waals surface area contributed by atoms with Crippen LogP contribution in [0.5, 0.6) is 0 Å². The highest BCUT2D eigenvalue weighted by Crippen LogP contribution is 2.73. The molecule has 3 nitrogen and oxygen atoms in total. The van der Waals surface area contributed by atoms with Crippen LogP contribution in [0, 0.1) is 47.3 Å². The molecule has 614 valence electrons. The fraction of sp³-hybridized carbons (Fsp3) is 0.224. The van der Waals surface area contributed by atoms with Gasteiger partial charge < -0.3 is 0 Å². The molecule has 0 atom stereocenters. The van der Waals surface area contributed by atoms with Gasteiger partial charge in [-0.25, -0.2) is 0 Å². The standard InChI is InChI=1S/C67H52N2.C58H47N/c1-66(2)57-22-9-7-15-50(57)51-28-25-43(37-60(51)66)42-13-11-14-44(36-42)63-52-16-3-5-18-54(52)64(55-19-6-4-17-53(55)63)46-27-30-62(69-39-46)61-29-26-45(38-68-61)49-21-12-24-59-65(49)56-20-8-10-23-58(56)67(59)47-32-40-31-41(34-47)35-48(67)33-40;1-3-15-46-44(13-1)54(37-22-24-43-42-12-5-7-19-49(42)57(52(43)33-37)26-9-10-27-57)45-14-2-4-16-47(45)56(46)53-25-23-38(34-59-53)41-18-11-21-51-55(41)48-17-6-8-20-50(48)58(51)39-29-35-28-36(31-39)32-40(58)30-35/h3-30,36-41,47-48H,31-35H2,1-2H3;1-8,11-25,33-36,39-40H,9-10,26-32H2/i10D,12D;8D,11D. The number of nitrogens with zero attached hydrogens (tertiary/aromatic N) is 3. The zero-order valence-electron chi connectivity index (χ0n) is 76.5. The van der Waals surface area contributed by atoms with Gasteiger partial charge in [-0.1, -0.05) is 318 Å². The molecule has 13 aliphatic carbocycles. The maximum Gasteiger partial charge on any atom is 0.0886 e. The fourth-order valence-corrected chi connectivity index (χ4v) is 30.0. The molecule has 0 saturated heterocycles. The summed E-state index contributed by atoms with van der Waals surface area (Å²) in [7, 11) is 0. The van der Waals surface area contributed by atoms with Gasteiger partial charge in [0, 0.05) is 62.5 Å². The van der Waals surface area contributed by atoms with E-state index in [1.54, 1.807) is 0 Å². The van der Waals surface area contributed by atoms with Gasteiger partial charge in [-0.15, -0.1) is 0 Å². The molecule has 3 spiro atoms. The first-order chi connectivity index (χ1) is 64.7. The number of benzene rings is 15. The van der Waals surface area contributed by atoms with Gasteiger partial charge in [-0.2, -0.15) is 0 Å². The Morgan fingerprint density at radius 1 is 0.234 bits per heavy atom. The third kappa shape index (κ3) is 10.3. The molecule has 9 fully saturated rings. The highest BCUT2D eigenvalue weighted by atomic mass is 14.8. The molecule has 31 rings (SSSR count). The van der Waals surface area contributed by atoms with Crippen molar-refractivity contribution in [3.05, 3.63) is 391 Å². The van der Waals surface area contributed by atoms with E-state index in [2.05, 4.69) is 305 Å². The number of fused-ring (bicyclic) bond motifs is 18. The predicted octanol–water partition coefficient (Wildman–Crippen LogP) is 32.1. The number of aromatic nitrogens is 3. The Kier molecular flexibility index (Phi) is 15.1. The summed E-state index contributed by atoms with van der Waals surface area (Å²) in [6.07, 6.45) is 24.1. The first kappa shape index (κ1) is 69.9. The van der Waals surface area contributed by atoms with E-state index in [0.717, 1.165) is 68.6 Å². The van der Waals surface area contributed by atoms with Crippen molar-refractivity contribution in [1.82, 2.24) is 15.0 Å². The number of hydrogen-bond donors (Lipinski definition) is 0. The summed E-state index contributed by atoms with van der Waals surface area (Å²) in [5, 5.41) is 9.76. The summed E-state index contributed by atoms with van der Waals surface area (Å²) in [4.78, 5) is 15.6. The van der Waals surface area contributed by atoms with Crippen LogP contribution in [-0.4, -0.2) is 15.0 Å². The summed E-state index contributed by atoms with van der Waals surface area (Å²) in [6, 6.07) is 114. The molecule has 15 aromatic carbocycles. The lowest BCUT2D eigenvalue weighted by Gasteiger charge is -2.61. The molecule has 0 aliphatic heterocycles. The van der Waals surface area contributed by atoms with E-state index < -0.39 is 0 Å². The Labute approximate surface area is 755 Å². The zero-order chi connectivity index (χ0) is 87.5. The average molecular weight is 1650 g/mol. The third-order valence-corrected chi connectivity index (χ3v) is 34.6. The SMILES string of the molecule is [2H]c1ccc2c(c1)C1(c3cc([2H])cc(-c4ccc(-c5c6ccccc6c(-c6ccc7c(c6)C6(CCCC6)c6ccccc6-7)c6ccccc56)nc4)c3-2)C2CC3CC(C2)CC1C3.[2H]c1ccc2c(c1)C1(c3cc([2H])cc(-c4ccc(-c5ccc(-c6c7ccccc7c(-c7cccc(-c8ccc9c(c8)C(C)(C)c8ccccc8-9)c7)c7ccccc67)cn5)nc4)c3-2)C2CC3CC(C2)CC1C3. The van der Waals surface area contributed by atoms with E-state index in [1.165, 1.54) is 267 Å². The fourth-order valence-electron chi connectivity index (χ4n) is 30.0. The normalized spacial score (nSPS) is 23.7. The summed E-state index contributed by atoms with van der Waals surface area (Å²) in [6.45, 7) is 4.70. The van der Waals surface area contributed by atoms with E-state index >= 15 is 0 Å². The maximum absolute atomic E-state index is 9.27. The van der Waals surface area contributed by atoms with Crippen LogP contribution in [0.4, 0.5) is 0 Å². The van der Waals surface area contributed by atoms with E-state index in [1.807, 2.05) is 30.6 Å². The van der Waals surface area contributed by atoms with Gasteiger partial charge in [0.25, 0.3) is 0 Å². The molecule has 0 amide bonds. The lowest BCUT2D eigenvalue weighted by molar-refractivity contribution is -0.0399. The third-order valence-electron chi connectivity index (χ3n) is 34.6. The minimum Gasteiger partial charge on any atom is -0.256 e. The average Bonchev–Trinajstić information content (AvgIpc) is 1.50. The molecule has 0 unspecified atom stereocenters. The van der Waals surface area contributed by atoms with Crippen molar-refractivity contribution in [2.24, 2.45) is 47.3 Å². The first-order valence-electron chi connectivity index (χ1n) is 49.6. The molecular weight excluding hydrogens is 1540 g/mol. The molecular formula is C125H99N3. The van der Waals surface area contributed by atoms with Crippen LogP contribution >= 0.6 is 0 Å². The Morgan fingerprint density at radius 2 is 0.594 bits per heavy atom. The number of rotatable bonds is 8. The van der Waals surface area contributed by atoms with Crippen LogP contribution in [0.25, 0.3) is 177 Å². The monoisotopic (exact) mass is 1650 g/mol. The van der Waals surface area contributed by atoms with E-state index in [-0.39, 0.29) is 21.7 Å². The van der Waals surface area contributed by atoms with Crippen LogP contribution in [0.15, 0.2) is 346 Å². The highest BCUT2D eigenvalue weighted by molar-refractivity contribution is 6.23. The second kappa shape index (κ2) is 27.7. The van der Waals surface area contributed by atoms with Gasteiger partial charge in [-0.05, 0) is 343 Å². The van der Waals surface area contributed by atoms with Crippen LogP contribution in [0.1, 0.15) is 154 Å². The second-order valence-corrected chi connectivity index (χ2v) is 40.7. The van der Waals surface area contributed by atoms with Gasteiger partial charge >= 0.3 is 0 Å². The Morgan fingerprint density at radius 3 is 1.08 bits per heavy atom. The molecule has 0 radical (unpaired) electrons. The predicted molar refractivity (Wildman–Crippen MR) is 529 cm³/mol. The van der Waals surface area contributed by atoms with E-state index in [9.17, 15) is 2.74 Å². The number of pyridine rings is 3. The molecule has 3 heterocycles. The molecule has 3 heteroatoms. The van der Waals surface area contributed by atoms with E-state index in [4.69, 9.17) is 17.7 Å². The molecule has 128 heavy (non-hydrogen) atoms. The van der Waals surface area contributed by atoms with Crippen molar-refractivity contribution >= 4 is 43.1 Å². The molecule has 3 aromatic heterocycles. The lowest BCUT2D eigenvalue weighted by atomic mass is 9.43. The van der Waals surface area contributed by atoms with Crippen molar-refractivity contribution in [1.29, 1.82) is 0 Å². The highest BCUT2D eigenvalue weighted by Gasteiger charge is 2.64. The van der Waals surface area contributed by atoms with E-state index in [0.29, 0.717) is 47.8 Å². The Balaban J connectivity index is 0.000000134. The van der Waals surface area contributed by atoms with Gasteiger partial charge in [0.2, 0.25) is 0 Å². The zero-order valence-corrected chi connectivity index (χ0v) is 72.5. The van der Waals surface area contributed by atoms with Crippen molar-refractivity contribution in [3.8, 4) is 134 Å². The summed E-state index contributed by atoms with van der Waals surface area (Å²) in [5.74, 6) is 5.66. The molecule has 13 aliphatic rings. The minimum absolute atomic E-state index is 0.0626. The van der Waals surface area contributed by atoms with Crippen LogP contribution < -0.4 is 0 Å². The van der Waals surface area contributed by atoms with Gasteiger partial charge in [0.1, 0.15) is 0 Å². The smallest absolute Gasteiger partial charge is 0.0886 e. The van der Waals surface area contributed by atoms with Crippen molar-refractivity contribution in [2.45, 2.75) is 125 Å². The maximum atomic E-state index is 9.27. The summed E-state index contributed by atoms with van der Waals surface area (Å²) >= 11 is 0. The molecule has 8 bridgehead atoms. The molecule has 0 N–H and O–H groups in total. The topological polar surface area (TPSA) is 38.7 Å². The van der Waals surface area contributed by atoms with Crippen molar-refractivity contribution in [2.75, 3.05) is 0 Å². The first-order valence-corrected chi connectivity index (χ1v) is 47.6. The molecule has 9 saturated carbocycles. The van der Waals surface area contributed by atoms with Gasteiger partial charge in [-0.3, -0.25) is 15.0 Å². The Bertz CT molecular complexity index is 7840. The van der Waals surface area contributed by atoms with Crippen LogP contribution in [0.3, 0.4) is 0 Å². The number of hydrogen-bond acceptors (Lipinski definition) is 3. The van der Waals surface area contributed by atoms with Gasteiger partial charge in [0.05, 0.1) is 22.6 Å². The van der Waals surface area contributed by atoms with Crippen LogP contribution in [-0.2, 0) is 21.7 Å². The lowest BCUT2D eigenvalue weighted by Crippen LogP contribution is -2.55. The van der Waals surface area contributed by atoms with Crippen LogP contribution in [0.2, 0.25) is 0 Å². The van der Waals surface area contributed by atoms with Crippen molar-refractivity contribution < 1.29 is 5.48 Å².